The van der Waals surface area contributed by atoms with Crippen molar-refractivity contribution in [1.82, 2.24) is 0 Å². The second-order valence-corrected chi connectivity index (χ2v) is 3.07. The third kappa shape index (κ3) is 1.52. The minimum Gasteiger partial charge on any atom is -0.0616 e. The molecule has 0 unspecified atom stereocenters. The highest BCUT2D eigenvalue weighted by atomic mass is 32.1. The Labute approximate surface area is 82.5 Å². The molecule has 0 aliphatic heterocycles. The number of thiocarbonyl (C=S) groups is 1. The lowest BCUT2D eigenvalue weighted by atomic mass is 10.1. The molecule has 1 heteroatoms. The predicted molar refractivity (Wildman–Crippen MR) is 61.0 cm³/mol. The summed E-state index contributed by atoms with van der Waals surface area (Å²) in [4.78, 5) is 0. The first kappa shape index (κ1) is 8.18. The van der Waals surface area contributed by atoms with E-state index in [2.05, 4.69) is 23.2 Å². The van der Waals surface area contributed by atoms with E-state index < -0.39 is 0 Å². The third-order valence-electron chi connectivity index (χ3n) is 2.04. The maximum Gasteiger partial charge on any atom is -0.000488 e. The van der Waals surface area contributed by atoms with Crippen LogP contribution in [0.25, 0.3) is 16.8 Å². The molecule has 0 fully saturated rings. The Morgan fingerprint density at radius 2 is 1.77 bits per heavy atom. The monoisotopic (exact) mass is 184 g/mol. The molecular formula is C12H8S. The summed E-state index contributed by atoms with van der Waals surface area (Å²) in [5.74, 6) is 0. The summed E-state index contributed by atoms with van der Waals surface area (Å²) in [7, 11) is 0. The molecule has 62 valence electrons. The van der Waals surface area contributed by atoms with Gasteiger partial charge in [-0.2, -0.15) is 0 Å². The summed E-state index contributed by atoms with van der Waals surface area (Å²) < 4.78 is 0. The number of hydrogen-bond acceptors (Lipinski definition) is 1. The zero-order chi connectivity index (χ0) is 9.10. The van der Waals surface area contributed by atoms with Crippen molar-refractivity contribution in [3.05, 3.63) is 48.0 Å². The molecule has 2 aromatic carbocycles. The van der Waals surface area contributed by atoms with Crippen LogP contribution in [0.15, 0.2) is 42.5 Å². The summed E-state index contributed by atoms with van der Waals surface area (Å²) in [6, 6.07) is 14.4. The second-order valence-electron chi connectivity index (χ2n) is 2.83. The van der Waals surface area contributed by atoms with Crippen molar-refractivity contribution in [2.24, 2.45) is 0 Å². The minimum atomic E-state index is 1.13. The fraction of sp³-hybridized carbons (Fsp3) is 0. The second kappa shape index (κ2) is 3.53. The average molecular weight is 184 g/mol. The van der Waals surface area contributed by atoms with Gasteiger partial charge in [0.25, 0.3) is 0 Å². The smallest absolute Gasteiger partial charge is 0.000488 e. The third-order valence-corrected chi connectivity index (χ3v) is 2.16. The average Bonchev–Trinajstić information content (AvgIpc) is 2.19. The van der Waals surface area contributed by atoms with Gasteiger partial charge in [0.05, 0.1) is 0 Å². The van der Waals surface area contributed by atoms with Gasteiger partial charge in [0.2, 0.25) is 0 Å². The molecule has 0 N–H and O–H groups in total. The molecule has 0 saturated heterocycles. The fourth-order valence-electron chi connectivity index (χ4n) is 1.44. The summed E-state index contributed by atoms with van der Waals surface area (Å²) in [6.07, 6.45) is 1.83. The lowest BCUT2D eigenvalue weighted by Crippen LogP contribution is -1.76. The summed E-state index contributed by atoms with van der Waals surface area (Å²) in [5.41, 5.74) is 1.13. The van der Waals surface area contributed by atoms with Crippen LogP contribution in [0, 0.1) is 0 Å². The van der Waals surface area contributed by atoms with E-state index in [0.717, 1.165) is 5.56 Å². The summed E-state index contributed by atoms with van der Waals surface area (Å²) in [5, 5.41) is 5.10. The summed E-state index contributed by atoms with van der Waals surface area (Å²) in [6.45, 7) is 0. The summed E-state index contributed by atoms with van der Waals surface area (Å²) >= 11 is 4.69. The van der Waals surface area contributed by atoms with E-state index in [9.17, 15) is 0 Å². The van der Waals surface area contributed by atoms with Gasteiger partial charge in [0.15, 0.2) is 0 Å². The van der Waals surface area contributed by atoms with Crippen LogP contribution in [-0.4, -0.2) is 5.02 Å². The SMILES string of the molecule is S=C=Cc1cccc2ccccc12. The van der Waals surface area contributed by atoms with Crippen molar-refractivity contribution in [1.29, 1.82) is 0 Å². The van der Waals surface area contributed by atoms with E-state index in [0.29, 0.717) is 0 Å². The molecule has 0 spiro atoms. The van der Waals surface area contributed by atoms with E-state index in [1.54, 1.807) is 0 Å². The lowest BCUT2D eigenvalue weighted by Gasteiger charge is -1.99. The highest BCUT2D eigenvalue weighted by Crippen LogP contribution is 2.18. The lowest BCUT2D eigenvalue weighted by molar-refractivity contribution is 1.72. The number of benzene rings is 2. The van der Waals surface area contributed by atoms with Crippen molar-refractivity contribution < 1.29 is 0 Å². The molecule has 0 aromatic heterocycles. The largest absolute Gasteiger partial charge is 0.0616 e. The van der Waals surface area contributed by atoms with E-state index in [1.165, 1.54) is 10.8 Å². The topological polar surface area (TPSA) is 0 Å². The molecule has 0 aliphatic carbocycles. The van der Waals surface area contributed by atoms with Gasteiger partial charge in [-0.15, -0.1) is 0 Å². The zero-order valence-electron chi connectivity index (χ0n) is 7.03. The van der Waals surface area contributed by atoms with Gasteiger partial charge in [-0.05, 0) is 39.7 Å². The van der Waals surface area contributed by atoms with Crippen molar-refractivity contribution in [2.45, 2.75) is 0 Å². The first-order valence-corrected chi connectivity index (χ1v) is 4.51. The Kier molecular flexibility index (Phi) is 2.22. The quantitative estimate of drug-likeness (QED) is 0.612. The first-order chi connectivity index (χ1) is 6.42. The Hall–Kier alpha value is -1.43. The van der Waals surface area contributed by atoms with Crippen LogP contribution >= 0.6 is 12.2 Å². The minimum absolute atomic E-state index is 1.13. The number of fused-ring (bicyclic) bond motifs is 1. The molecule has 0 nitrogen and oxygen atoms in total. The van der Waals surface area contributed by atoms with E-state index >= 15 is 0 Å². The molecule has 0 atom stereocenters. The molecule has 0 aliphatic rings. The van der Waals surface area contributed by atoms with Gasteiger partial charge < -0.3 is 0 Å². The molecule has 0 heterocycles. The van der Waals surface area contributed by atoms with Crippen LogP contribution in [-0.2, 0) is 0 Å². The Morgan fingerprint density at radius 3 is 2.62 bits per heavy atom. The van der Waals surface area contributed by atoms with Crippen LogP contribution in [0.2, 0.25) is 0 Å². The maximum absolute atomic E-state index is 4.69. The molecule has 0 saturated carbocycles. The van der Waals surface area contributed by atoms with Crippen LogP contribution < -0.4 is 0 Å². The Morgan fingerprint density at radius 1 is 1.00 bits per heavy atom. The van der Waals surface area contributed by atoms with Crippen molar-refractivity contribution in [3.8, 4) is 0 Å². The molecular weight excluding hydrogens is 176 g/mol. The normalized spacial score (nSPS) is 9.54. The predicted octanol–water partition coefficient (Wildman–Crippen LogP) is 3.45. The van der Waals surface area contributed by atoms with Crippen molar-refractivity contribution in [2.75, 3.05) is 0 Å². The first-order valence-electron chi connectivity index (χ1n) is 4.10. The van der Waals surface area contributed by atoms with Gasteiger partial charge >= 0.3 is 0 Å². The Balaban J connectivity index is 2.82. The Bertz CT molecular complexity index is 474. The van der Waals surface area contributed by atoms with Gasteiger partial charge in [-0.25, -0.2) is 0 Å². The van der Waals surface area contributed by atoms with Gasteiger partial charge in [-0.1, -0.05) is 42.5 Å². The van der Waals surface area contributed by atoms with E-state index in [4.69, 9.17) is 12.2 Å². The molecule has 0 radical (unpaired) electrons. The van der Waals surface area contributed by atoms with Crippen LogP contribution in [0.4, 0.5) is 0 Å². The standard InChI is InChI=1S/C12H8S/c13-9-8-11-6-3-5-10-4-1-2-7-12(10)11/h1-8H. The highest BCUT2D eigenvalue weighted by molar-refractivity contribution is 7.78. The van der Waals surface area contributed by atoms with E-state index in [1.807, 2.05) is 30.3 Å². The van der Waals surface area contributed by atoms with Gasteiger partial charge in [0.1, 0.15) is 0 Å². The molecule has 0 amide bonds. The van der Waals surface area contributed by atoms with Crippen LogP contribution in [0.3, 0.4) is 0 Å². The van der Waals surface area contributed by atoms with E-state index in [-0.39, 0.29) is 0 Å². The van der Waals surface area contributed by atoms with Crippen molar-refractivity contribution in [3.63, 3.8) is 0 Å². The number of rotatable bonds is 1. The maximum atomic E-state index is 4.69. The van der Waals surface area contributed by atoms with Gasteiger partial charge in [-0.3, -0.25) is 0 Å². The fourth-order valence-corrected chi connectivity index (χ4v) is 1.57. The highest BCUT2D eigenvalue weighted by Gasteiger charge is 1.94. The molecule has 2 aromatic rings. The molecule has 0 bridgehead atoms. The number of hydrogen-bond donors (Lipinski definition) is 0. The van der Waals surface area contributed by atoms with Crippen LogP contribution in [0.5, 0.6) is 0 Å². The van der Waals surface area contributed by atoms with Gasteiger partial charge in [0, 0.05) is 0 Å². The molecule has 2 rings (SSSR count). The molecule has 13 heavy (non-hydrogen) atoms. The zero-order valence-corrected chi connectivity index (χ0v) is 7.84. The van der Waals surface area contributed by atoms with Crippen molar-refractivity contribution >= 4 is 34.1 Å². The van der Waals surface area contributed by atoms with Crippen LogP contribution in [0.1, 0.15) is 5.56 Å².